The lowest BCUT2D eigenvalue weighted by Crippen LogP contribution is -2.71. The van der Waals surface area contributed by atoms with Crippen molar-refractivity contribution in [3.63, 3.8) is 0 Å². The van der Waals surface area contributed by atoms with Crippen molar-refractivity contribution in [3.05, 3.63) is 90.6 Å². The lowest BCUT2D eigenvalue weighted by atomic mass is 9.82. The van der Waals surface area contributed by atoms with E-state index in [9.17, 15) is 49.1 Å². The molecule has 376 valence electrons. The molecule has 7 atom stereocenters. The number of hydrogen-bond donors (Lipinski definition) is 0. The third-order valence-electron chi connectivity index (χ3n) is 11.9. The lowest BCUT2D eigenvalue weighted by Gasteiger charge is -2.42. The molecule has 3 fully saturated rings. The van der Waals surface area contributed by atoms with Gasteiger partial charge >= 0.3 is 35.8 Å². The van der Waals surface area contributed by atoms with Crippen molar-refractivity contribution < 1.29 is 85.6 Å². The van der Waals surface area contributed by atoms with Gasteiger partial charge in [0.15, 0.2) is 0 Å². The molecule has 1 aromatic carbocycles. The van der Waals surface area contributed by atoms with E-state index in [-0.39, 0.29) is 32.8 Å². The van der Waals surface area contributed by atoms with Gasteiger partial charge in [-0.2, -0.15) is 57.1 Å². The predicted octanol–water partition coefficient (Wildman–Crippen LogP) is 11.7. The SMILES string of the molecule is CCC/C=C/CC/C=C/CC/C=C/C1CC(/C=C/C2OC(/C=C/c3ccccc3)[C@@H]3C(=O)N(CCOCCOCCOC)C(=O)[C@H]23)CC1C(F)(F)C(F)(F)C(F)(F)C(F)(F)C(F)(F)C(F)(F)F. The van der Waals surface area contributed by atoms with Gasteiger partial charge in [-0.1, -0.05) is 104 Å². The van der Waals surface area contributed by atoms with E-state index in [1.807, 2.05) is 25.2 Å². The van der Waals surface area contributed by atoms with Crippen LogP contribution < -0.4 is 0 Å². The molecule has 1 aliphatic carbocycles. The number of imide groups is 1. The van der Waals surface area contributed by atoms with Gasteiger partial charge in [0.1, 0.15) is 0 Å². The van der Waals surface area contributed by atoms with Gasteiger partial charge < -0.3 is 18.9 Å². The molecule has 20 heteroatoms. The van der Waals surface area contributed by atoms with Crippen molar-refractivity contribution in [1.29, 1.82) is 0 Å². The number of fused-ring (bicyclic) bond motifs is 1. The average molecular weight is 978 g/mol. The van der Waals surface area contributed by atoms with Crippen molar-refractivity contribution in [2.45, 2.75) is 106 Å². The minimum Gasteiger partial charge on any atom is -0.382 e. The molecule has 0 N–H and O–H groups in total. The van der Waals surface area contributed by atoms with E-state index in [0.717, 1.165) is 36.3 Å². The second-order valence-electron chi connectivity index (χ2n) is 16.6. The number of methoxy groups -OCH3 is 1. The third-order valence-corrected chi connectivity index (χ3v) is 11.9. The summed E-state index contributed by atoms with van der Waals surface area (Å²) in [5.74, 6) is -47.2. The monoisotopic (exact) mass is 977 g/mol. The van der Waals surface area contributed by atoms with Crippen LogP contribution in [0.25, 0.3) is 6.08 Å². The van der Waals surface area contributed by atoms with E-state index in [4.69, 9.17) is 18.9 Å². The molecular formula is C47H56F13NO6. The van der Waals surface area contributed by atoms with Crippen molar-refractivity contribution in [3.8, 4) is 0 Å². The quantitative estimate of drug-likeness (QED) is 0.0378. The summed E-state index contributed by atoms with van der Waals surface area (Å²) in [7, 11) is 1.50. The van der Waals surface area contributed by atoms with Crippen LogP contribution in [0.1, 0.15) is 63.9 Å². The number of alkyl halides is 13. The van der Waals surface area contributed by atoms with Crippen molar-refractivity contribution >= 4 is 17.9 Å². The van der Waals surface area contributed by atoms with Crippen molar-refractivity contribution in [1.82, 2.24) is 4.90 Å². The molecular weight excluding hydrogens is 921 g/mol. The Balaban J connectivity index is 1.60. The molecule has 1 saturated carbocycles. The van der Waals surface area contributed by atoms with Crippen molar-refractivity contribution in [2.75, 3.05) is 46.7 Å². The number of carbonyl (C=O) groups is 2. The predicted molar refractivity (Wildman–Crippen MR) is 222 cm³/mol. The molecule has 5 unspecified atom stereocenters. The zero-order valence-electron chi connectivity index (χ0n) is 36.9. The number of carbonyl (C=O) groups excluding carboxylic acids is 2. The largest absolute Gasteiger partial charge is 0.460 e. The zero-order chi connectivity index (χ0) is 49.7. The topological polar surface area (TPSA) is 74.3 Å². The standard InChI is InChI=1S/C47H56F13NO6/c1-3-4-5-6-7-8-9-10-11-12-16-19-34-30-33(31-35(34)42(48,49)43(50,51)44(52,53)45(54,55)46(56,57)47(58,59)60)21-23-37-39-38(36(67-37)22-20-32-17-14-13-15-18-32)40(62)61(41(39)63)24-25-65-28-29-66-27-26-64-2/h5-6,9-10,13-23,33-39H,3-4,7-8,11-12,24-31H2,1-2H3/b6-5+,10-9+,19-16+,22-20+,23-21+/t33?,34?,35?,36?,37?,38-,39+/m0/s1. The Hall–Kier alpha value is -4.01. The lowest BCUT2D eigenvalue weighted by molar-refractivity contribution is -0.443. The smallest absolute Gasteiger partial charge is 0.382 e. The number of nitrogens with zero attached hydrogens (tertiary/aromatic N) is 1. The highest BCUT2D eigenvalue weighted by molar-refractivity contribution is 6.06. The third kappa shape index (κ3) is 12.8. The molecule has 0 aromatic heterocycles. The Morgan fingerprint density at radius 1 is 0.612 bits per heavy atom. The molecule has 1 aromatic rings. The molecule has 2 heterocycles. The van der Waals surface area contributed by atoms with Crippen LogP contribution in [0.2, 0.25) is 0 Å². The summed E-state index contributed by atoms with van der Waals surface area (Å²) in [6.45, 7) is 2.77. The van der Waals surface area contributed by atoms with Gasteiger partial charge in [-0.3, -0.25) is 14.5 Å². The van der Waals surface area contributed by atoms with E-state index in [1.165, 1.54) is 25.3 Å². The Morgan fingerprint density at radius 3 is 1.70 bits per heavy atom. The number of amides is 2. The Labute approximate surface area is 381 Å². The van der Waals surface area contributed by atoms with Crippen LogP contribution in [-0.2, 0) is 28.5 Å². The first-order valence-electron chi connectivity index (χ1n) is 22.0. The van der Waals surface area contributed by atoms with Crippen LogP contribution in [0.3, 0.4) is 0 Å². The first kappa shape index (κ1) is 55.6. The first-order chi connectivity index (χ1) is 31.5. The highest BCUT2D eigenvalue weighted by Gasteiger charge is 2.91. The van der Waals surface area contributed by atoms with E-state index < -0.39 is 102 Å². The number of ether oxygens (including phenoxy) is 4. The number of unbranched alkanes of at least 4 members (excludes halogenated alkanes) is 3. The number of rotatable bonds is 27. The Morgan fingerprint density at radius 2 is 1.13 bits per heavy atom. The molecule has 7 nitrogen and oxygen atoms in total. The molecule has 2 aliphatic heterocycles. The molecule has 67 heavy (non-hydrogen) atoms. The molecule has 4 rings (SSSR count). The highest BCUT2D eigenvalue weighted by Crippen LogP contribution is 2.63. The number of likely N-dealkylation sites (tertiary alicyclic amines) is 1. The average Bonchev–Trinajstić information content (AvgIpc) is 3.93. The molecule has 2 amide bonds. The van der Waals surface area contributed by atoms with Crippen LogP contribution >= 0.6 is 0 Å². The number of hydrogen-bond acceptors (Lipinski definition) is 6. The van der Waals surface area contributed by atoms with Gasteiger partial charge in [0, 0.05) is 13.0 Å². The van der Waals surface area contributed by atoms with E-state index in [2.05, 4.69) is 0 Å². The zero-order valence-corrected chi connectivity index (χ0v) is 36.9. The van der Waals surface area contributed by atoms with Gasteiger partial charge in [-0.25, -0.2) is 0 Å². The fraction of sp³-hybridized carbons (Fsp3) is 0.617. The summed E-state index contributed by atoms with van der Waals surface area (Å²) in [6, 6.07) is 8.73. The minimum atomic E-state index is -8.02. The van der Waals surface area contributed by atoms with Gasteiger partial charge in [0.05, 0.1) is 63.6 Å². The van der Waals surface area contributed by atoms with Gasteiger partial charge in [-0.15, -0.1) is 0 Å². The summed E-state index contributed by atoms with van der Waals surface area (Å²) in [5.41, 5.74) is 0.696. The summed E-state index contributed by atoms with van der Waals surface area (Å²) < 4.78 is 208. The fourth-order valence-corrected chi connectivity index (χ4v) is 8.23. The number of benzene rings is 1. The van der Waals surface area contributed by atoms with E-state index in [0.29, 0.717) is 31.6 Å². The van der Waals surface area contributed by atoms with Gasteiger partial charge in [0.2, 0.25) is 11.8 Å². The maximum Gasteiger partial charge on any atom is 0.460 e. The van der Waals surface area contributed by atoms with Crippen LogP contribution in [0, 0.1) is 29.6 Å². The minimum absolute atomic E-state index is 0.0699. The summed E-state index contributed by atoms with van der Waals surface area (Å²) >= 11 is 0. The van der Waals surface area contributed by atoms with E-state index in [1.54, 1.807) is 42.5 Å². The summed E-state index contributed by atoms with van der Waals surface area (Å²) in [4.78, 5) is 28.5. The Kier molecular flexibility index (Phi) is 19.9. The Bertz CT molecular complexity index is 1890. The van der Waals surface area contributed by atoms with Crippen LogP contribution in [0.15, 0.2) is 85.0 Å². The maximum atomic E-state index is 15.9. The first-order valence-corrected chi connectivity index (χ1v) is 22.0. The van der Waals surface area contributed by atoms with Gasteiger partial charge in [0.25, 0.3) is 0 Å². The van der Waals surface area contributed by atoms with Crippen LogP contribution in [-0.4, -0.2) is 111 Å². The van der Waals surface area contributed by atoms with Crippen LogP contribution in [0.5, 0.6) is 0 Å². The highest BCUT2D eigenvalue weighted by atomic mass is 19.4. The van der Waals surface area contributed by atoms with Crippen molar-refractivity contribution in [2.24, 2.45) is 29.6 Å². The fourth-order valence-electron chi connectivity index (χ4n) is 8.23. The number of allylic oxidation sites excluding steroid dienone is 7. The normalized spacial score (nSPS) is 24.9. The maximum absolute atomic E-state index is 15.9. The molecule has 0 spiro atoms. The van der Waals surface area contributed by atoms with Crippen LogP contribution in [0.4, 0.5) is 57.1 Å². The molecule has 3 aliphatic rings. The molecule has 2 saturated heterocycles. The second-order valence-corrected chi connectivity index (χ2v) is 16.6. The summed E-state index contributed by atoms with van der Waals surface area (Å²) in [6.07, 6.45) is 7.53. The van der Waals surface area contributed by atoms with E-state index >= 15 is 17.6 Å². The van der Waals surface area contributed by atoms with Gasteiger partial charge in [-0.05, 0) is 62.3 Å². The summed E-state index contributed by atoms with van der Waals surface area (Å²) in [5, 5.41) is 0. The second kappa shape index (κ2) is 24.0. The number of halogens is 13. The molecule has 0 bridgehead atoms. The molecule has 0 radical (unpaired) electrons.